The van der Waals surface area contributed by atoms with Gasteiger partial charge >= 0.3 is 0 Å². The average molecular weight is 291 g/mol. The third-order valence-electron chi connectivity index (χ3n) is 3.93. The van der Waals surface area contributed by atoms with E-state index in [4.69, 9.17) is 5.11 Å². The number of aliphatic hydroxyl groups is 1. The fourth-order valence-electron chi connectivity index (χ4n) is 2.51. The van der Waals surface area contributed by atoms with Crippen molar-refractivity contribution in [3.63, 3.8) is 0 Å². The van der Waals surface area contributed by atoms with Gasteiger partial charge in [-0.05, 0) is 31.7 Å². The van der Waals surface area contributed by atoms with Gasteiger partial charge in [-0.2, -0.15) is 0 Å². The Labute approximate surface area is 124 Å². The number of rotatable bonds is 2. The molecule has 1 aliphatic heterocycles. The molecule has 2 heterocycles. The molecule has 1 aromatic rings. The molecule has 0 bridgehead atoms. The third kappa shape index (κ3) is 3.41. The van der Waals surface area contributed by atoms with Crippen LogP contribution < -0.4 is 0 Å². The molecule has 20 heavy (non-hydrogen) atoms. The van der Waals surface area contributed by atoms with Crippen LogP contribution in [-0.4, -0.2) is 35.1 Å². The molecule has 0 saturated carbocycles. The molecule has 0 aliphatic carbocycles. The molecular weight excluding hydrogens is 270 g/mol. The van der Waals surface area contributed by atoms with Gasteiger partial charge in [0.1, 0.15) is 0 Å². The number of aliphatic hydroxyl groups excluding tert-OH is 1. The van der Waals surface area contributed by atoms with Crippen molar-refractivity contribution in [3.8, 4) is 11.8 Å². The van der Waals surface area contributed by atoms with Crippen LogP contribution in [0.25, 0.3) is 0 Å². The summed E-state index contributed by atoms with van der Waals surface area (Å²) in [5, 5.41) is 10.6. The standard InChI is InChI=1S/C16H21NO2S/c1-12-6-5-8-17(13(12)2)16(19)14-10-15(20-11-14)7-3-4-9-18/h10-13,18H,4-6,8-9H2,1-2H3. The van der Waals surface area contributed by atoms with Crippen molar-refractivity contribution in [2.45, 2.75) is 39.2 Å². The molecule has 0 spiro atoms. The Morgan fingerprint density at radius 3 is 3.10 bits per heavy atom. The lowest BCUT2D eigenvalue weighted by Gasteiger charge is -2.37. The Morgan fingerprint density at radius 2 is 2.35 bits per heavy atom. The van der Waals surface area contributed by atoms with Crippen LogP contribution in [0.4, 0.5) is 0 Å². The van der Waals surface area contributed by atoms with E-state index in [9.17, 15) is 4.79 Å². The number of hydrogen-bond acceptors (Lipinski definition) is 3. The van der Waals surface area contributed by atoms with E-state index in [1.165, 1.54) is 17.8 Å². The first-order chi connectivity index (χ1) is 9.63. The molecule has 1 fully saturated rings. The van der Waals surface area contributed by atoms with Crippen LogP contribution in [0.15, 0.2) is 11.4 Å². The first-order valence-corrected chi connectivity index (χ1v) is 8.00. The van der Waals surface area contributed by atoms with E-state index in [1.54, 1.807) is 0 Å². The quantitative estimate of drug-likeness (QED) is 0.851. The molecule has 3 nitrogen and oxygen atoms in total. The Balaban J connectivity index is 2.08. The summed E-state index contributed by atoms with van der Waals surface area (Å²) in [5.41, 5.74) is 0.740. The maximum atomic E-state index is 12.5. The van der Waals surface area contributed by atoms with Gasteiger partial charge in [-0.3, -0.25) is 4.79 Å². The van der Waals surface area contributed by atoms with Gasteiger partial charge < -0.3 is 10.0 Å². The molecule has 1 amide bonds. The number of hydrogen-bond donors (Lipinski definition) is 1. The largest absolute Gasteiger partial charge is 0.395 e. The van der Waals surface area contributed by atoms with Crippen LogP contribution in [0.1, 0.15) is 48.3 Å². The van der Waals surface area contributed by atoms with Crippen molar-refractivity contribution in [3.05, 3.63) is 21.9 Å². The van der Waals surface area contributed by atoms with Gasteiger partial charge in [-0.25, -0.2) is 0 Å². The van der Waals surface area contributed by atoms with Gasteiger partial charge in [-0.1, -0.05) is 18.8 Å². The van der Waals surface area contributed by atoms with Crippen molar-refractivity contribution in [2.75, 3.05) is 13.2 Å². The molecule has 1 N–H and O–H groups in total. The Bertz CT molecular complexity index is 526. The molecule has 108 valence electrons. The first kappa shape index (κ1) is 15.1. The highest BCUT2D eigenvalue weighted by molar-refractivity contribution is 7.10. The molecule has 4 heteroatoms. The van der Waals surface area contributed by atoms with E-state index >= 15 is 0 Å². The number of piperidine rings is 1. The summed E-state index contributed by atoms with van der Waals surface area (Å²) in [6.07, 6.45) is 2.76. The van der Waals surface area contributed by atoms with E-state index < -0.39 is 0 Å². The number of carbonyl (C=O) groups is 1. The van der Waals surface area contributed by atoms with Crippen molar-refractivity contribution in [2.24, 2.45) is 5.92 Å². The van der Waals surface area contributed by atoms with Crippen molar-refractivity contribution < 1.29 is 9.90 Å². The maximum Gasteiger partial charge on any atom is 0.254 e. The van der Waals surface area contributed by atoms with E-state index in [0.29, 0.717) is 18.4 Å². The summed E-state index contributed by atoms with van der Waals surface area (Å²) in [4.78, 5) is 15.4. The highest BCUT2D eigenvalue weighted by Gasteiger charge is 2.29. The van der Waals surface area contributed by atoms with Gasteiger partial charge in [0, 0.05) is 24.4 Å². The highest BCUT2D eigenvalue weighted by atomic mass is 32.1. The fourth-order valence-corrected chi connectivity index (χ4v) is 3.26. The predicted octanol–water partition coefficient (Wildman–Crippen LogP) is 2.74. The number of nitrogens with zero attached hydrogens (tertiary/aromatic N) is 1. The third-order valence-corrected chi connectivity index (χ3v) is 4.77. The van der Waals surface area contributed by atoms with Crippen LogP contribution in [-0.2, 0) is 0 Å². The van der Waals surface area contributed by atoms with Crippen LogP contribution in [0.5, 0.6) is 0 Å². The molecule has 0 radical (unpaired) electrons. The van der Waals surface area contributed by atoms with Crippen LogP contribution >= 0.6 is 11.3 Å². The summed E-state index contributed by atoms with van der Waals surface area (Å²) < 4.78 is 0. The second-order valence-corrected chi connectivity index (χ2v) is 6.24. The number of amides is 1. The molecule has 1 saturated heterocycles. The summed E-state index contributed by atoms with van der Waals surface area (Å²) >= 11 is 1.49. The van der Waals surface area contributed by atoms with Crippen LogP contribution in [0, 0.1) is 17.8 Å². The Hall–Kier alpha value is -1.31. The summed E-state index contributed by atoms with van der Waals surface area (Å²) in [7, 11) is 0. The number of thiophene rings is 1. The average Bonchev–Trinajstić information content (AvgIpc) is 2.90. The second-order valence-electron chi connectivity index (χ2n) is 5.33. The lowest BCUT2D eigenvalue weighted by molar-refractivity contribution is 0.0551. The van der Waals surface area contributed by atoms with Gasteiger partial charge in [0.2, 0.25) is 0 Å². The van der Waals surface area contributed by atoms with Crippen LogP contribution in [0.2, 0.25) is 0 Å². The van der Waals surface area contributed by atoms with E-state index in [0.717, 1.165) is 23.4 Å². The lowest BCUT2D eigenvalue weighted by Crippen LogP contribution is -2.45. The highest BCUT2D eigenvalue weighted by Crippen LogP contribution is 2.25. The molecule has 2 rings (SSSR count). The smallest absolute Gasteiger partial charge is 0.254 e. The molecule has 2 atom stereocenters. The summed E-state index contributed by atoms with van der Waals surface area (Å²) in [5.74, 6) is 6.55. The predicted molar refractivity (Wildman–Crippen MR) is 81.8 cm³/mol. The molecular formula is C16H21NO2S. The summed E-state index contributed by atoms with van der Waals surface area (Å²) in [6.45, 7) is 5.28. The lowest BCUT2D eigenvalue weighted by atomic mass is 9.91. The van der Waals surface area contributed by atoms with Gasteiger partial charge in [-0.15, -0.1) is 11.3 Å². The van der Waals surface area contributed by atoms with Gasteiger partial charge in [0.05, 0.1) is 17.0 Å². The van der Waals surface area contributed by atoms with Gasteiger partial charge in [0.15, 0.2) is 0 Å². The normalized spacial score (nSPS) is 22.2. The molecule has 1 aliphatic rings. The van der Waals surface area contributed by atoms with Crippen molar-refractivity contribution in [1.82, 2.24) is 4.90 Å². The minimum Gasteiger partial charge on any atom is -0.395 e. The molecule has 2 unspecified atom stereocenters. The number of likely N-dealkylation sites (tertiary alicyclic amines) is 1. The fraction of sp³-hybridized carbons (Fsp3) is 0.562. The van der Waals surface area contributed by atoms with Crippen LogP contribution in [0.3, 0.4) is 0 Å². The SMILES string of the molecule is CC1CCCN(C(=O)c2csc(C#CCCO)c2)C1C. The molecule has 0 aromatic carbocycles. The Kier molecular flexibility index (Phi) is 5.22. The van der Waals surface area contributed by atoms with E-state index in [-0.39, 0.29) is 12.5 Å². The monoisotopic (exact) mass is 291 g/mol. The summed E-state index contributed by atoms with van der Waals surface area (Å²) in [6, 6.07) is 2.17. The maximum absolute atomic E-state index is 12.5. The topological polar surface area (TPSA) is 40.5 Å². The number of carbonyl (C=O) groups excluding carboxylic acids is 1. The van der Waals surface area contributed by atoms with Crippen molar-refractivity contribution in [1.29, 1.82) is 0 Å². The van der Waals surface area contributed by atoms with E-state index in [1.807, 2.05) is 16.3 Å². The van der Waals surface area contributed by atoms with Gasteiger partial charge in [0.25, 0.3) is 5.91 Å². The molecule has 1 aromatic heterocycles. The Morgan fingerprint density at radius 1 is 1.55 bits per heavy atom. The zero-order chi connectivity index (χ0) is 14.5. The van der Waals surface area contributed by atoms with Crippen molar-refractivity contribution >= 4 is 17.2 Å². The zero-order valence-electron chi connectivity index (χ0n) is 12.1. The van der Waals surface area contributed by atoms with E-state index in [2.05, 4.69) is 25.7 Å². The minimum atomic E-state index is 0.0767. The second kappa shape index (κ2) is 6.92. The first-order valence-electron chi connectivity index (χ1n) is 7.12. The zero-order valence-corrected chi connectivity index (χ0v) is 12.9. The minimum absolute atomic E-state index is 0.0767.